The normalized spacial score (nSPS) is 12.9. The number of hydrogen-bond acceptors (Lipinski definition) is 1. The first kappa shape index (κ1) is 13.2. The van der Waals surface area contributed by atoms with Gasteiger partial charge in [-0.25, -0.2) is 0 Å². The predicted molar refractivity (Wildman–Crippen MR) is 67.9 cm³/mol. The summed E-state index contributed by atoms with van der Waals surface area (Å²) in [5.41, 5.74) is 7.90. The molecular formula is C13H18N2. The second kappa shape index (κ2) is 6.60. The molecule has 0 aliphatic rings. The first-order valence-electron chi connectivity index (χ1n) is 4.70. The third-order valence-corrected chi connectivity index (χ3v) is 1.92. The second-order valence-electron chi connectivity index (χ2n) is 3.11. The maximum absolute atomic E-state index is 7.17. The molecule has 0 aliphatic carbocycles. The van der Waals surface area contributed by atoms with Crippen LogP contribution in [0.2, 0.25) is 0 Å². The van der Waals surface area contributed by atoms with E-state index in [9.17, 15) is 0 Å². The highest BCUT2D eigenvalue weighted by atomic mass is 14.7. The van der Waals surface area contributed by atoms with Crippen molar-refractivity contribution in [3.05, 3.63) is 60.3 Å². The number of hydrogen-bond donors (Lipinski definition) is 2. The van der Waals surface area contributed by atoms with Gasteiger partial charge < -0.3 is 5.73 Å². The van der Waals surface area contributed by atoms with Crippen molar-refractivity contribution in [3.63, 3.8) is 0 Å². The summed E-state index contributed by atoms with van der Waals surface area (Å²) in [4.78, 5) is 0. The fourth-order valence-electron chi connectivity index (χ4n) is 0.896. The van der Waals surface area contributed by atoms with Gasteiger partial charge in [0, 0.05) is 5.57 Å². The van der Waals surface area contributed by atoms with Gasteiger partial charge in [0.1, 0.15) is 5.84 Å². The van der Waals surface area contributed by atoms with E-state index in [2.05, 4.69) is 13.2 Å². The van der Waals surface area contributed by atoms with Gasteiger partial charge in [0.2, 0.25) is 0 Å². The summed E-state index contributed by atoms with van der Waals surface area (Å²) >= 11 is 0. The van der Waals surface area contributed by atoms with Gasteiger partial charge in [0.05, 0.1) is 0 Å². The van der Waals surface area contributed by atoms with Crippen molar-refractivity contribution in [2.75, 3.05) is 0 Å². The number of amidine groups is 1. The lowest BCUT2D eigenvalue weighted by atomic mass is 10.1. The standard InChI is InChI=1S/C13H18N2/c1-5-7-12(10(3)6-2)9-8-11(4)13(14)15/h5-9H,2,4H2,1,3H3,(H3,14,15)/b7-5-,9-8-,12-10+. The van der Waals surface area contributed by atoms with E-state index in [1.54, 1.807) is 12.2 Å². The molecule has 0 unspecified atom stereocenters. The molecule has 0 amide bonds. The SMILES string of the molecule is C=C/C(C)=C(\C=C/C)/C=C\C(=C)C(=N)N. The fourth-order valence-corrected chi connectivity index (χ4v) is 0.896. The molecule has 0 fully saturated rings. The molecule has 0 spiro atoms. The summed E-state index contributed by atoms with van der Waals surface area (Å²) in [5, 5.41) is 7.17. The minimum absolute atomic E-state index is 0.0117. The summed E-state index contributed by atoms with van der Waals surface area (Å²) in [5.74, 6) is -0.0117. The van der Waals surface area contributed by atoms with E-state index >= 15 is 0 Å². The first-order chi connectivity index (χ1) is 7.02. The Labute approximate surface area is 91.7 Å². The van der Waals surface area contributed by atoms with Gasteiger partial charge in [-0.3, -0.25) is 5.41 Å². The Kier molecular flexibility index (Phi) is 5.79. The van der Waals surface area contributed by atoms with E-state index < -0.39 is 0 Å². The monoisotopic (exact) mass is 202 g/mol. The smallest absolute Gasteiger partial charge is 0.122 e. The van der Waals surface area contributed by atoms with E-state index in [4.69, 9.17) is 11.1 Å². The molecule has 2 nitrogen and oxygen atoms in total. The van der Waals surface area contributed by atoms with Crippen molar-refractivity contribution in [1.82, 2.24) is 0 Å². The van der Waals surface area contributed by atoms with Crippen LogP contribution in [0.5, 0.6) is 0 Å². The molecule has 0 heterocycles. The largest absolute Gasteiger partial charge is 0.384 e. The van der Waals surface area contributed by atoms with Crippen molar-refractivity contribution < 1.29 is 0 Å². The molecule has 0 saturated carbocycles. The summed E-state index contributed by atoms with van der Waals surface area (Å²) in [7, 11) is 0. The van der Waals surface area contributed by atoms with Gasteiger partial charge in [-0.1, -0.05) is 43.5 Å². The van der Waals surface area contributed by atoms with Gasteiger partial charge in [-0.2, -0.15) is 0 Å². The van der Waals surface area contributed by atoms with Crippen molar-refractivity contribution in [3.8, 4) is 0 Å². The van der Waals surface area contributed by atoms with Gasteiger partial charge in [0.25, 0.3) is 0 Å². The molecule has 0 radical (unpaired) electrons. The van der Waals surface area contributed by atoms with E-state index in [1.165, 1.54) is 0 Å². The number of nitrogens with two attached hydrogens (primary N) is 1. The van der Waals surface area contributed by atoms with Crippen LogP contribution in [0.4, 0.5) is 0 Å². The average Bonchev–Trinajstić information content (AvgIpc) is 2.22. The molecule has 15 heavy (non-hydrogen) atoms. The van der Waals surface area contributed by atoms with Crippen molar-refractivity contribution in [1.29, 1.82) is 5.41 Å². The highest BCUT2D eigenvalue weighted by Crippen LogP contribution is 2.09. The van der Waals surface area contributed by atoms with E-state index in [-0.39, 0.29) is 5.84 Å². The zero-order chi connectivity index (χ0) is 11.8. The molecule has 0 rings (SSSR count). The molecule has 80 valence electrons. The Morgan fingerprint density at radius 2 is 1.87 bits per heavy atom. The van der Waals surface area contributed by atoms with Gasteiger partial charge >= 0.3 is 0 Å². The Balaban J connectivity index is 4.94. The minimum atomic E-state index is -0.0117. The molecule has 0 aromatic carbocycles. The summed E-state index contributed by atoms with van der Waals surface area (Å²) in [6, 6.07) is 0. The van der Waals surface area contributed by atoms with Crippen molar-refractivity contribution in [2.45, 2.75) is 13.8 Å². The quantitative estimate of drug-likeness (QED) is 0.401. The summed E-state index contributed by atoms with van der Waals surface area (Å²) in [6.45, 7) is 11.3. The Morgan fingerprint density at radius 1 is 1.27 bits per heavy atom. The van der Waals surface area contributed by atoms with Crippen molar-refractivity contribution in [2.24, 2.45) is 5.73 Å². The van der Waals surface area contributed by atoms with E-state index in [1.807, 2.05) is 32.1 Å². The maximum atomic E-state index is 7.17. The van der Waals surface area contributed by atoms with Crippen LogP contribution in [0.3, 0.4) is 0 Å². The van der Waals surface area contributed by atoms with E-state index in [0.717, 1.165) is 11.1 Å². The lowest BCUT2D eigenvalue weighted by Crippen LogP contribution is -2.10. The molecule has 0 atom stereocenters. The molecule has 3 N–H and O–H groups in total. The molecule has 2 heteroatoms. The highest BCUT2D eigenvalue weighted by Gasteiger charge is 1.93. The van der Waals surface area contributed by atoms with Gasteiger partial charge in [0.15, 0.2) is 0 Å². The molecule has 0 aliphatic heterocycles. The minimum Gasteiger partial charge on any atom is -0.384 e. The first-order valence-corrected chi connectivity index (χ1v) is 4.70. The lowest BCUT2D eigenvalue weighted by molar-refractivity contribution is 1.42. The van der Waals surface area contributed by atoms with E-state index in [0.29, 0.717) is 5.57 Å². The van der Waals surface area contributed by atoms with Gasteiger partial charge in [-0.15, -0.1) is 0 Å². The summed E-state index contributed by atoms with van der Waals surface area (Å²) < 4.78 is 0. The number of rotatable bonds is 5. The highest BCUT2D eigenvalue weighted by molar-refractivity contribution is 5.96. The molecule has 0 saturated heterocycles. The molecular weight excluding hydrogens is 184 g/mol. The zero-order valence-electron chi connectivity index (χ0n) is 9.38. The van der Waals surface area contributed by atoms with Crippen LogP contribution < -0.4 is 5.73 Å². The Bertz CT molecular complexity index is 355. The zero-order valence-corrected chi connectivity index (χ0v) is 9.38. The van der Waals surface area contributed by atoms with Crippen LogP contribution in [-0.2, 0) is 0 Å². The van der Waals surface area contributed by atoms with Crippen LogP contribution in [-0.4, -0.2) is 5.84 Å². The molecule has 0 aromatic heterocycles. The van der Waals surface area contributed by atoms with Gasteiger partial charge in [-0.05, 0) is 25.0 Å². The molecule has 0 bridgehead atoms. The number of nitrogens with one attached hydrogen (secondary N) is 1. The van der Waals surface area contributed by atoms with Crippen LogP contribution in [0.1, 0.15) is 13.8 Å². The lowest BCUT2D eigenvalue weighted by Gasteiger charge is -1.99. The molecule has 0 aromatic rings. The van der Waals surface area contributed by atoms with Crippen molar-refractivity contribution >= 4 is 5.84 Å². The third kappa shape index (κ3) is 4.81. The Hall–Kier alpha value is -1.83. The average molecular weight is 202 g/mol. The number of allylic oxidation sites excluding steroid dienone is 6. The van der Waals surface area contributed by atoms with Crippen LogP contribution in [0.25, 0.3) is 0 Å². The topological polar surface area (TPSA) is 49.9 Å². The third-order valence-electron chi connectivity index (χ3n) is 1.92. The maximum Gasteiger partial charge on any atom is 0.122 e. The Morgan fingerprint density at radius 3 is 2.27 bits per heavy atom. The fraction of sp³-hybridized carbons (Fsp3) is 0.154. The van der Waals surface area contributed by atoms with Crippen LogP contribution >= 0.6 is 0 Å². The predicted octanol–water partition coefficient (Wildman–Crippen LogP) is 3.11. The summed E-state index contributed by atoms with van der Waals surface area (Å²) in [6.07, 6.45) is 9.31. The second-order valence-corrected chi connectivity index (χ2v) is 3.11. The van der Waals surface area contributed by atoms with Crippen LogP contribution in [0.15, 0.2) is 60.3 Å². The van der Waals surface area contributed by atoms with Crippen LogP contribution in [0, 0.1) is 5.41 Å².